The van der Waals surface area contributed by atoms with E-state index in [1.54, 1.807) is 91.8 Å². The van der Waals surface area contributed by atoms with E-state index in [9.17, 15) is 42.4 Å². The van der Waals surface area contributed by atoms with Gasteiger partial charge in [0, 0.05) is 24.7 Å². The van der Waals surface area contributed by atoms with Crippen LogP contribution in [0.15, 0.2) is 77.7 Å². The molecule has 0 unspecified atom stereocenters. The highest BCUT2D eigenvalue weighted by Crippen LogP contribution is 2.51. The van der Waals surface area contributed by atoms with Crippen molar-refractivity contribution in [2.24, 2.45) is 11.3 Å². The first-order valence-electron chi connectivity index (χ1n) is 19.7. The number of nitro benzene ring substituents is 1. The molecule has 0 spiro atoms. The number of sulfonamides is 1. The molecule has 3 amide bonds. The predicted molar refractivity (Wildman–Crippen MR) is 221 cm³/mol. The predicted octanol–water partition coefficient (Wildman–Crippen LogP) is 6.23. The summed E-state index contributed by atoms with van der Waals surface area (Å²) in [6.07, 6.45) is -1.29. The molecule has 14 nitrogen and oxygen atoms in total. The molecule has 3 N–H and O–H groups in total. The molecule has 3 aromatic rings. The van der Waals surface area contributed by atoms with Crippen molar-refractivity contribution in [3.05, 3.63) is 105 Å². The standard InChI is InChI=1S/C43H58FN5O9S/c1-28(2)25-47(59(56,57)33-19-18-29(3)35(24-33)49(54)55)26-36(50)34(22-30-14-11-10-12-15-30)45-39(52)38(41(4,5)6)46-37(51)27-48(40(53)58-42(7,8)9)43(20-21-43)31-16-13-17-32(44)23-31/h10-19,23-24,28,34,36,38,50H,20-22,25-27H2,1-9H3,(H,45,52)(H,46,51)/t34-,36+,38+/m0/s1. The second-order valence-electron chi connectivity index (χ2n) is 17.8. The van der Waals surface area contributed by atoms with Crippen LogP contribution in [0.25, 0.3) is 0 Å². The minimum Gasteiger partial charge on any atom is -0.444 e. The van der Waals surface area contributed by atoms with Gasteiger partial charge >= 0.3 is 6.09 Å². The van der Waals surface area contributed by atoms with Gasteiger partial charge in [-0.3, -0.25) is 24.6 Å². The number of ether oxygens (including phenoxy) is 1. The zero-order chi connectivity index (χ0) is 44.1. The number of rotatable bonds is 17. The highest BCUT2D eigenvalue weighted by Gasteiger charge is 2.53. The lowest BCUT2D eigenvalue weighted by atomic mass is 9.85. The molecule has 3 atom stereocenters. The number of nitro groups is 1. The highest BCUT2D eigenvalue weighted by molar-refractivity contribution is 7.89. The molecule has 1 saturated carbocycles. The van der Waals surface area contributed by atoms with Gasteiger partial charge in [0.1, 0.15) is 24.0 Å². The maximum Gasteiger partial charge on any atom is 0.411 e. The van der Waals surface area contributed by atoms with E-state index in [1.807, 2.05) is 0 Å². The van der Waals surface area contributed by atoms with Gasteiger partial charge in [-0.2, -0.15) is 4.31 Å². The molecule has 1 aliphatic carbocycles. The fourth-order valence-corrected chi connectivity index (χ4v) is 8.51. The molecule has 59 heavy (non-hydrogen) atoms. The number of hydrogen-bond acceptors (Lipinski definition) is 9. The smallest absolute Gasteiger partial charge is 0.411 e. The van der Waals surface area contributed by atoms with E-state index in [0.717, 1.165) is 15.9 Å². The highest BCUT2D eigenvalue weighted by atomic mass is 32.2. The largest absolute Gasteiger partial charge is 0.444 e. The first-order valence-corrected chi connectivity index (χ1v) is 21.1. The number of amides is 3. The van der Waals surface area contributed by atoms with E-state index in [1.165, 1.54) is 42.2 Å². The number of nitrogens with one attached hydrogen (secondary N) is 2. The van der Waals surface area contributed by atoms with Crippen molar-refractivity contribution in [1.82, 2.24) is 19.8 Å². The molecule has 0 saturated heterocycles. The number of nitrogens with zero attached hydrogens (tertiary/aromatic N) is 3. The van der Waals surface area contributed by atoms with Crippen LogP contribution in [0.2, 0.25) is 0 Å². The average Bonchev–Trinajstić information content (AvgIpc) is 3.93. The Kier molecular flexibility index (Phi) is 14.7. The summed E-state index contributed by atoms with van der Waals surface area (Å²) in [6.45, 7) is 14.3. The maximum atomic E-state index is 14.4. The molecule has 0 heterocycles. The Labute approximate surface area is 346 Å². The summed E-state index contributed by atoms with van der Waals surface area (Å²) >= 11 is 0. The monoisotopic (exact) mass is 839 g/mol. The fourth-order valence-electron chi connectivity index (χ4n) is 6.87. The Morgan fingerprint density at radius 3 is 2.14 bits per heavy atom. The Balaban J connectivity index is 1.64. The van der Waals surface area contributed by atoms with Gasteiger partial charge in [0.2, 0.25) is 21.8 Å². The van der Waals surface area contributed by atoms with Gasteiger partial charge in [-0.05, 0) is 87.6 Å². The van der Waals surface area contributed by atoms with E-state index in [0.29, 0.717) is 18.4 Å². The van der Waals surface area contributed by atoms with Crippen LogP contribution in [-0.2, 0) is 36.3 Å². The molecule has 0 aromatic heterocycles. The van der Waals surface area contributed by atoms with Gasteiger partial charge in [-0.1, -0.05) is 83.1 Å². The first kappa shape index (κ1) is 46.8. The summed E-state index contributed by atoms with van der Waals surface area (Å²) in [5, 5.41) is 29.2. The summed E-state index contributed by atoms with van der Waals surface area (Å²) in [5.74, 6) is -2.07. The van der Waals surface area contributed by atoms with Crippen LogP contribution in [0, 0.1) is 34.2 Å². The van der Waals surface area contributed by atoms with Crippen molar-refractivity contribution in [3.63, 3.8) is 0 Å². The molecular weight excluding hydrogens is 782 g/mol. The normalized spacial score (nSPS) is 15.5. The molecule has 1 aliphatic rings. The quantitative estimate of drug-likeness (QED) is 0.105. The molecule has 16 heteroatoms. The molecule has 322 valence electrons. The maximum absolute atomic E-state index is 14.4. The molecule has 0 bridgehead atoms. The van der Waals surface area contributed by atoms with Gasteiger partial charge < -0.3 is 20.5 Å². The van der Waals surface area contributed by atoms with Crippen LogP contribution in [0.5, 0.6) is 0 Å². The molecule has 3 aromatic carbocycles. The lowest BCUT2D eigenvalue weighted by Gasteiger charge is -2.36. The Bertz CT molecular complexity index is 2100. The van der Waals surface area contributed by atoms with E-state index >= 15 is 0 Å². The number of carbonyl (C=O) groups excluding carboxylic acids is 3. The van der Waals surface area contributed by atoms with Crippen molar-refractivity contribution in [2.75, 3.05) is 19.6 Å². The van der Waals surface area contributed by atoms with Crippen LogP contribution < -0.4 is 10.6 Å². The van der Waals surface area contributed by atoms with Crippen LogP contribution in [0.4, 0.5) is 14.9 Å². The van der Waals surface area contributed by atoms with E-state index < -0.39 is 86.5 Å². The van der Waals surface area contributed by atoms with Crippen LogP contribution in [-0.4, -0.2) is 89.0 Å². The number of aliphatic hydroxyl groups is 1. The molecular formula is C43H58FN5O9S. The van der Waals surface area contributed by atoms with E-state index in [4.69, 9.17) is 4.74 Å². The van der Waals surface area contributed by atoms with Gasteiger partial charge in [-0.25, -0.2) is 17.6 Å². The van der Waals surface area contributed by atoms with Crippen LogP contribution in [0.1, 0.15) is 84.9 Å². The van der Waals surface area contributed by atoms with Crippen LogP contribution in [0.3, 0.4) is 0 Å². The summed E-state index contributed by atoms with van der Waals surface area (Å²) in [6, 6.07) is 16.1. The molecule has 4 rings (SSSR count). The van der Waals surface area contributed by atoms with Crippen molar-refractivity contribution in [3.8, 4) is 0 Å². The SMILES string of the molecule is Cc1ccc(S(=O)(=O)N(CC(C)C)C[C@@H](O)[C@H](Cc2ccccc2)NC(=O)[C@@H](NC(=O)CN(C(=O)OC(C)(C)C)C2(c3cccc(F)c3)CC2)C(C)(C)C)cc1[N+](=O)[O-]. The zero-order valence-electron chi connectivity index (χ0n) is 35.3. The van der Waals surface area contributed by atoms with Crippen molar-refractivity contribution in [1.29, 1.82) is 0 Å². The lowest BCUT2D eigenvalue weighted by Crippen LogP contribution is -2.60. The number of aliphatic hydroxyl groups excluding tert-OH is 1. The van der Waals surface area contributed by atoms with Crippen molar-refractivity contribution in [2.45, 2.75) is 116 Å². The molecule has 0 radical (unpaired) electrons. The minimum atomic E-state index is -4.38. The Morgan fingerprint density at radius 1 is 0.949 bits per heavy atom. The van der Waals surface area contributed by atoms with Gasteiger partial charge in [0.25, 0.3) is 5.69 Å². The third kappa shape index (κ3) is 12.3. The number of hydrogen-bond donors (Lipinski definition) is 3. The van der Waals surface area contributed by atoms with Gasteiger partial charge in [0.05, 0.1) is 27.5 Å². The first-order chi connectivity index (χ1) is 27.3. The minimum absolute atomic E-state index is 0.0427. The second-order valence-corrected chi connectivity index (χ2v) is 19.7. The topological polar surface area (TPSA) is 188 Å². The summed E-state index contributed by atoms with van der Waals surface area (Å²) in [7, 11) is -4.38. The Morgan fingerprint density at radius 2 is 1.59 bits per heavy atom. The lowest BCUT2D eigenvalue weighted by molar-refractivity contribution is -0.385. The summed E-state index contributed by atoms with van der Waals surface area (Å²) in [5.41, 5.74) is -1.67. The number of halogens is 1. The zero-order valence-corrected chi connectivity index (χ0v) is 36.1. The number of carbonyl (C=O) groups is 3. The number of aryl methyl sites for hydroxylation is 1. The van der Waals surface area contributed by atoms with E-state index in [-0.39, 0.29) is 35.0 Å². The average molecular weight is 840 g/mol. The Hall–Kier alpha value is -4.93. The fraction of sp³-hybridized carbons (Fsp3) is 0.512. The molecule has 1 fully saturated rings. The summed E-state index contributed by atoms with van der Waals surface area (Å²) in [4.78, 5) is 54.0. The summed E-state index contributed by atoms with van der Waals surface area (Å²) < 4.78 is 49.2. The van der Waals surface area contributed by atoms with E-state index in [2.05, 4.69) is 10.6 Å². The third-order valence-corrected chi connectivity index (χ3v) is 11.8. The second kappa shape index (κ2) is 18.6. The van der Waals surface area contributed by atoms with Gasteiger partial charge in [-0.15, -0.1) is 0 Å². The molecule has 0 aliphatic heterocycles. The van der Waals surface area contributed by atoms with Crippen molar-refractivity contribution >= 4 is 33.6 Å². The van der Waals surface area contributed by atoms with Gasteiger partial charge in [0.15, 0.2) is 0 Å². The third-order valence-electron chi connectivity index (χ3n) is 10.0. The van der Waals surface area contributed by atoms with Crippen molar-refractivity contribution < 1.29 is 42.0 Å². The number of benzene rings is 3. The van der Waals surface area contributed by atoms with Crippen LogP contribution >= 0.6 is 0 Å².